The van der Waals surface area contributed by atoms with E-state index in [1.165, 1.54) is 11.1 Å². The normalized spacial score (nSPS) is 21.7. The molecule has 0 spiro atoms. The zero-order valence-electron chi connectivity index (χ0n) is 12.7. The van der Waals surface area contributed by atoms with Gasteiger partial charge >= 0.3 is 12.1 Å². The first-order valence-corrected chi connectivity index (χ1v) is 7.37. The van der Waals surface area contributed by atoms with Gasteiger partial charge in [-0.25, -0.2) is 4.79 Å². The average Bonchev–Trinajstić information content (AvgIpc) is 2.83. The molecule has 1 aromatic rings. The van der Waals surface area contributed by atoms with Crippen LogP contribution >= 0.6 is 11.6 Å². The van der Waals surface area contributed by atoms with Crippen molar-refractivity contribution in [2.45, 2.75) is 32.3 Å². The first kappa shape index (κ1) is 16.5. The number of carboxylic acid groups (broad SMARTS) is 1. The molecule has 7 heteroatoms. The van der Waals surface area contributed by atoms with Crippen molar-refractivity contribution in [3.63, 3.8) is 0 Å². The van der Waals surface area contributed by atoms with Crippen molar-refractivity contribution < 1.29 is 19.4 Å². The van der Waals surface area contributed by atoms with E-state index in [9.17, 15) is 14.7 Å². The summed E-state index contributed by atoms with van der Waals surface area (Å²) in [5.41, 5.74) is -0.00488. The number of carboxylic acids is 1. The number of carbonyl (C=O) groups excluding carboxylic acids is 1. The van der Waals surface area contributed by atoms with E-state index in [2.05, 4.69) is 4.98 Å². The Balaban J connectivity index is 2.18. The highest BCUT2D eigenvalue weighted by Gasteiger charge is 2.42. The predicted octanol–water partition coefficient (Wildman–Crippen LogP) is 2.77. The first-order chi connectivity index (χ1) is 10.2. The van der Waals surface area contributed by atoms with E-state index in [-0.39, 0.29) is 19.0 Å². The molecule has 0 aromatic carbocycles. The molecule has 0 radical (unpaired) electrons. The second-order valence-electron chi connectivity index (χ2n) is 6.34. The third kappa shape index (κ3) is 3.88. The number of aliphatic carboxylic acids is 1. The minimum atomic E-state index is -0.951. The first-order valence-electron chi connectivity index (χ1n) is 6.99. The number of hydrogen-bond acceptors (Lipinski definition) is 4. The van der Waals surface area contributed by atoms with Gasteiger partial charge in [0, 0.05) is 30.9 Å². The Morgan fingerprint density at radius 3 is 2.55 bits per heavy atom. The maximum Gasteiger partial charge on any atom is 0.410 e. The lowest BCUT2D eigenvalue weighted by molar-refractivity contribution is -0.141. The van der Waals surface area contributed by atoms with Crippen LogP contribution in [0.4, 0.5) is 4.79 Å². The van der Waals surface area contributed by atoms with E-state index in [0.29, 0.717) is 10.7 Å². The molecule has 1 amide bonds. The van der Waals surface area contributed by atoms with Crippen LogP contribution in [0.1, 0.15) is 32.4 Å². The minimum absolute atomic E-state index is 0.110. The fourth-order valence-electron chi connectivity index (χ4n) is 2.44. The molecule has 1 aliphatic heterocycles. The van der Waals surface area contributed by atoms with Gasteiger partial charge in [-0.05, 0) is 32.9 Å². The van der Waals surface area contributed by atoms with Gasteiger partial charge in [0.05, 0.1) is 10.9 Å². The average molecular weight is 327 g/mol. The van der Waals surface area contributed by atoms with Crippen LogP contribution in [0, 0.1) is 5.92 Å². The van der Waals surface area contributed by atoms with Crippen LogP contribution in [0.5, 0.6) is 0 Å². The van der Waals surface area contributed by atoms with Gasteiger partial charge < -0.3 is 14.7 Å². The lowest BCUT2D eigenvalue weighted by atomic mass is 9.93. The summed E-state index contributed by atoms with van der Waals surface area (Å²) in [6.45, 7) is 5.69. The number of hydrogen-bond donors (Lipinski definition) is 1. The second-order valence-corrected chi connectivity index (χ2v) is 6.77. The SMILES string of the molecule is CC(C)(C)OC(=O)N1CC(C(=O)O)C(c2ccc(Cl)cn2)C1. The van der Waals surface area contributed by atoms with E-state index in [1.54, 1.807) is 32.9 Å². The van der Waals surface area contributed by atoms with Crippen LogP contribution in [0.25, 0.3) is 0 Å². The van der Waals surface area contributed by atoms with Gasteiger partial charge in [0.15, 0.2) is 0 Å². The number of pyridine rings is 1. The molecule has 0 saturated carbocycles. The third-order valence-corrected chi connectivity index (χ3v) is 3.64. The summed E-state index contributed by atoms with van der Waals surface area (Å²) in [4.78, 5) is 29.2. The predicted molar refractivity (Wildman–Crippen MR) is 80.9 cm³/mol. The standard InChI is InChI=1S/C15H19ClN2O4/c1-15(2,3)22-14(21)18-7-10(11(8-18)13(19)20)12-5-4-9(16)6-17-12/h4-6,10-11H,7-8H2,1-3H3,(H,19,20). The fourth-order valence-corrected chi connectivity index (χ4v) is 2.55. The largest absolute Gasteiger partial charge is 0.481 e. The summed E-state index contributed by atoms with van der Waals surface area (Å²) in [7, 11) is 0. The van der Waals surface area contributed by atoms with Gasteiger partial charge in [-0.15, -0.1) is 0 Å². The Kier molecular flexibility index (Phi) is 4.60. The quantitative estimate of drug-likeness (QED) is 0.904. The number of carbonyl (C=O) groups is 2. The smallest absolute Gasteiger partial charge is 0.410 e. The van der Waals surface area contributed by atoms with Crippen molar-refractivity contribution >= 4 is 23.7 Å². The number of likely N-dealkylation sites (tertiary alicyclic amines) is 1. The molecular weight excluding hydrogens is 308 g/mol. The Labute approximate surface area is 134 Å². The number of ether oxygens (including phenoxy) is 1. The van der Waals surface area contributed by atoms with Gasteiger partial charge in [0.25, 0.3) is 0 Å². The zero-order valence-corrected chi connectivity index (χ0v) is 13.5. The molecule has 1 N–H and O–H groups in total. The van der Waals surface area contributed by atoms with Crippen LogP contribution in [-0.2, 0) is 9.53 Å². The number of rotatable bonds is 2. The summed E-state index contributed by atoms with van der Waals surface area (Å²) in [5, 5.41) is 9.88. The van der Waals surface area contributed by atoms with Gasteiger partial charge in [0.1, 0.15) is 5.60 Å². The van der Waals surface area contributed by atoms with E-state index in [1.807, 2.05) is 0 Å². The molecule has 120 valence electrons. The maximum atomic E-state index is 12.1. The highest BCUT2D eigenvalue weighted by atomic mass is 35.5. The topological polar surface area (TPSA) is 79.7 Å². The Bertz CT molecular complexity index is 568. The van der Waals surface area contributed by atoms with Crippen LogP contribution < -0.4 is 0 Å². The molecule has 2 atom stereocenters. The monoisotopic (exact) mass is 326 g/mol. The lowest BCUT2D eigenvalue weighted by Gasteiger charge is -2.24. The van der Waals surface area contributed by atoms with E-state index in [4.69, 9.17) is 16.3 Å². The van der Waals surface area contributed by atoms with Gasteiger partial charge in [-0.2, -0.15) is 0 Å². The van der Waals surface area contributed by atoms with Crippen molar-refractivity contribution in [3.8, 4) is 0 Å². The molecule has 1 aromatic heterocycles. The minimum Gasteiger partial charge on any atom is -0.481 e. The van der Waals surface area contributed by atoms with Crippen LogP contribution in [0.3, 0.4) is 0 Å². The fraction of sp³-hybridized carbons (Fsp3) is 0.533. The summed E-state index contributed by atoms with van der Waals surface area (Å²) >= 11 is 5.81. The highest BCUT2D eigenvalue weighted by Crippen LogP contribution is 2.33. The molecular formula is C15H19ClN2O4. The van der Waals surface area contributed by atoms with Crippen molar-refractivity contribution in [2.24, 2.45) is 5.92 Å². The Hall–Kier alpha value is -1.82. The molecule has 2 unspecified atom stereocenters. The van der Waals surface area contributed by atoms with E-state index >= 15 is 0 Å². The summed E-state index contributed by atoms with van der Waals surface area (Å²) in [5.74, 6) is -2.03. The van der Waals surface area contributed by atoms with Gasteiger partial charge in [0.2, 0.25) is 0 Å². The molecule has 0 bridgehead atoms. The van der Waals surface area contributed by atoms with E-state index in [0.717, 1.165) is 0 Å². The summed E-state index contributed by atoms with van der Waals surface area (Å²) in [6.07, 6.45) is 0.974. The van der Waals surface area contributed by atoms with Crippen molar-refractivity contribution in [3.05, 3.63) is 29.0 Å². The number of nitrogens with zero attached hydrogens (tertiary/aromatic N) is 2. The van der Waals surface area contributed by atoms with E-state index < -0.39 is 23.6 Å². The maximum absolute atomic E-state index is 12.1. The number of halogens is 1. The van der Waals surface area contributed by atoms with Crippen LogP contribution in [-0.4, -0.2) is 45.7 Å². The molecule has 2 heterocycles. The Morgan fingerprint density at radius 1 is 1.36 bits per heavy atom. The Morgan fingerprint density at radius 2 is 2.05 bits per heavy atom. The molecule has 1 aliphatic rings. The van der Waals surface area contributed by atoms with Crippen LogP contribution in [0.15, 0.2) is 18.3 Å². The molecule has 0 aliphatic carbocycles. The molecule has 6 nitrogen and oxygen atoms in total. The van der Waals surface area contributed by atoms with Crippen molar-refractivity contribution in [1.82, 2.24) is 9.88 Å². The highest BCUT2D eigenvalue weighted by molar-refractivity contribution is 6.30. The number of amides is 1. The molecule has 1 saturated heterocycles. The van der Waals surface area contributed by atoms with Gasteiger partial charge in [-0.1, -0.05) is 11.6 Å². The molecule has 1 fully saturated rings. The lowest BCUT2D eigenvalue weighted by Crippen LogP contribution is -2.35. The zero-order chi connectivity index (χ0) is 16.5. The van der Waals surface area contributed by atoms with Crippen molar-refractivity contribution in [1.29, 1.82) is 0 Å². The second kappa shape index (κ2) is 6.12. The summed E-state index contributed by atoms with van der Waals surface area (Å²) in [6, 6.07) is 3.36. The number of aromatic nitrogens is 1. The summed E-state index contributed by atoms with van der Waals surface area (Å²) < 4.78 is 5.31. The molecule has 22 heavy (non-hydrogen) atoms. The third-order valence-electron chi connectivity index (χ3n) is 3.42. The van der Waals surface area contributed by atoms with Gasteiger partial charge in [-0.3, -0.25) is 9.78 Å². The van der Waals surface area contributed by atoms with Crippen LogP contribution in [0.2, 0.25) is 5.02 Å². The molecule has 2 rings (SSSR count). The van der Waals surface area contributed by atoms with Crippen molar-refractivity contribution in [2.75, 3.05) is 13.1 Å².